The van der Waals surface area contributed by atoms with Gasteiger partial charge in [-0.15, -0.1) is 0 Å². The van der Waals surface area contributed by atoms with Gasteiger partial charge in [-0.05, 0) is 5.92 Å². The Morgan fingerprint density at radius 3 is 1.20 bits per heavy atom. The van der Waals surface area contributed by atoms with E-state index in [1.165, 1.54) is 0 Å². The molecule has 0 fully saturated rings. The molecule has 0 saturated heterocycles. The first-order valence-electron chi connectivity index (χ1n) is 3.89. The Morgan fingerprint density at radius 2 is 1.13 bits per heavy atom. The molecule has 2 N–H and O–H groups in total. The van der Waals surface area contributed by atoms with Crippen molar-refractivity contribution in [3.63, 3.8) is 0 Å². The van der Waals surface area contributed by atoms with E-state index in [1.807, 2.05) is 0 Å². The molecule has 0 aliphatic carbocycles. The Morgan fingerprint density at radius 1 is 0.867 bits per heavy atom. The molecule has 0 aromatic rings. The first kappa shape index (κ1) is 14.5. The van der Waals surface area contributed by atoms with Gasteiger partial charge in [-0.3, -0.25) is 0 Å². The second kappa shape index (κ2) is 3.82. The molecule has 2 nitrogen and oxygen atoms in total. The summed E-state index contributed by atoms with van der Waals surface area (Å²) < 4.78 is 72.5. The molecular formula is C7H10F6O2. The molecule has 8 heteroatoms. The third kappa shape index (κ3) is 2.36. The summed E-state index contributed by atoms with van der Waals surface area (Å²) >= 11 is 0. The Balaban J connectivity index is 5.43. The fourth-order valence-corrected chi connectivity index (χ4v) is 0.978. The molecule has 0 aliphatic rings. The number of rotatable bonds is 2. The summed E-state index contributed by atoms with van der Waals surface area (Å²) in [4.78, 5) is 0. The van der Waals surface area contributed by atoms with Crippen LogP contribution in [0.1, 0.15) is 13.8 Å². The molecule has 0 amide bonds. The topological polar surface area (TPSA) is 40.5 Å². The third-order valence-corrected chi connectivity index (χ3v) is 1.92. The maximum atomic E-state index is 12.1. The van der Waals surface area contributed by atoms with E-state index < -0.39 is 30.0 Å². The molecule has 0 spiro atoms. The fourth-order valence-electron chi connectivity index (χ4n) is 0.978. The lowest BCUT2D eigenvalue weighted by atomic mass is 9.87. The first-order valence-corrected chi connectivity index (χ1v) is 3.89. The van der Waals surface area contributed by atoms with Crippen molar-refractivity contribution < 1.29 is 36.6 Å². The molecule has 0 heterocycles. The van der Waals surface area contributed by atoms with E-state index >= 15 is 0 Å². The van der Waals surface area contributed by atoms with E-state index in [2.05, 4.69) is 0 Å². The predicted octanol–water partition coefficient (Wildman–Crippen LogP) is 1.86. The number of hydrogen-bond donors (Lipinski definition) is 2. The zero-order valence-electron chi connectivity index (χ0n) is 7.82. The van der Waals surface area contributed by atoms with Gasteiger partial charge in [0, 0.05) is 0 Å². The molecule has 0 aromatic carbocycles. The van der Waals surface area contributed by atoms with Crippen molar-refractivity contribution in [3.05, 3.63) is 0 Å². The highest BCUT2D eigenvalue weighted by Gasteiger charge is 2.74. The second-order valence-corrected chi connectivity index (χ2v) is 3.45. The summed E-state index contributed by atoms with van der Waals surface area (Å²) in [6.45, 7) is 1.88. The zero-order valence-corrected chi connectivity index (χ0v) is 7.82. The van der Waals surface area contributed by atoms with Crippen LogP contribution in [0.15, 0.2) is 0 Å². The van der Waals surface area contributed by atoms with Crippen molar-refractivity contribution in [2.45, 2.75) is 37.9 Å². The van der Waals surface area contributed by atoms with Gasteiger partial charge >= 0.3 is 12.4 Å². The summed E-state index contributed by atoms with van der Waals surface area (Å²) in [7, 11) is 0. The average Bonchev–Trinajstić information content (AvgIpc) is 1.96. The highest BCUT2D eigenvalue weighted by atomic mass is 19.4. The molecule has 92 valence electrons. The summed E-state index contributed by atoms with van der Waals surface area (Å²) in [6, 6.07) is 0. The summed E-state index contributed by atoms with van der Waals surface area (Å²) in [6.07, 6.45) is -14.9. The van der Waals surface area contributed by atoms with Crippen LogP contribution in [0.5, 0.6) is 0 Å². The Kier molecular flexibility index (Phi) is 3.69. The van der Waals surface area contributed by atoms with Crippen LogP contribution in [-0.4, -0.2) is 34.3 Å². The van der Waals surface area contributed by atoms with Crippen LogP contribution >= 0.6 is 0 Å². The van der Waals surface area contributed by atoms with Crippen LogP contribution in [-0.2, 0) is 0 Å². The molecular weight excluding hydrogens is 230 g/mol. The molecule has 1 atom stereocenters. The Bertz CT molecular complexity index is 205. The van der Waals surface area contributed by atoms with Gasteiger partial charge in [0.2, 0.25) is 0 Å². The minimum Gasteiger partial charge on any atom is -0.389 e. The largest absolute Gasteiger partial charge is 0.428 e. The quantitative estimate of drug-likeness (QED) is 0.723. The minimum atomic E-state index is -5.98. The highest BCUT2D eigenvalue weighted by Crippen LogP contribution is 2.46. The van der Waals surface area contributed by atoms with Crippen LogP contribution in [0.3, 0.4) is 0 Å². The van der Waals surface area contributed by atoms with Crippen LogP contribution < -0.4 is 0 Å². The molecule has 0 unspecified atom stereocenters. The van der Waals surface area contributed by atoms with E-state index in [0.717, 1.165) is 13.8 Å². The van der Waals surface area contributed by atoms with Crippen LogP contribution in [0, 0.1) is 5.92 Å². The van der Waals surface area contributed by atoms with E-state index in [9.17, 15) is 26.3 Å². The number of alkyl halides is 6. The molecule has 0 aliphatic heterocycles. The van der Waals surface area contributed by atoms with Crippen molar-refractivity contribution in [1.82, 2.24) is 0 Å². The van der Waals surface area contributed by atoms with E-state index in [1.54, 1.807) is 0 Å². The van der Waals surface area contributed by atoms with Crippen LogP contribution in [0.2, 0.25) is 0 Å². The fraction of sp³-hybridized carbons (Fsp3) is 1.00. The van der Waals surface area contributed by atoms with Gasteiger partial charge in [0.05, 0.1) is 0 Å². The normalized spacial score (nSPS) is 17.0. The Labute approximate surface area is 81.5 Å². The molecule has 0 bridgehead atoms. The lowest BCUT2D eigenvalue weighted by molar-refractivity contribution is -0.395. The monoisotopic (exact) mass is 240 g/mol. The maximum Gasteiger partial charge on any atom is 0.428 e. The zero-order chi connectivity index (χ0) is 12.7. The van der Waals surface area contributed by atoms with Gasteiger partial charge < -0.3 is 10.2 Å². The van der Waals surface area contributed by atoms with Crippen LogP contribution in [0.25, 0.3) is 0 Å². The first-order chi connectivity index (χ1) is 6.35. The summed E-state index contributed by atoms with van der Waals surface area (Å²) in [5.74, 6) is -1.39. The highest BCUT2D eigenvalue weighted by molar-refractivity contribution is 5.00. The van der Waals surface area contributed by atoms with Gasteiger partial charge in [0.1, 0.15) is 6.10 Å². The van der Waals surface area contributed by atoms with Crippen molar-refractivity contribution in [1.29, 1.82) is 0 Å². The Hall–Kier alpha value is -0.500. The van der Waals surface area contributed by atoms with Crippen molar-refractivity contribution in [2.24, 2.45) is 5.92 Å². The van der Waals surface area contributed by atoms with E-state index in [0.29, 0.717) is 0 Å². The molecule has 0 aromatic heterocycles. The van der Waals surface area contributed by atoms with E-state index in [-0.39, 0.29) is 0 Å². The third-order valence-electron chi connectivity index (χ3n) is 1.92. The summed E-state index contributed by atoms with van der Waals surface area (Å²) in [5.41, 5.74) is -5.09. The smallest absolute Gasteiger partial charge is 0.389 e. The van der Waals surface area contributed by atoms with Gasteiger partial charge in [0.15, 0.2) is 0 Å². The average molecular weight is 240 g/mol. The SMILES string of the molecule is CC(C)[C@H](O)C(O)(C(F)(F)F)C(F)(F)F. The lowest BCUT2D eigenvalue weighted by Crippen LogP contribution is -2.65. The van der Waals surface area contributed by atoms with Gasteiger partial charge in [-0.1, -0.05) is 13.8 Å². The second-order valence-electron chi connectivity index (χ2n) is 3.45. The minimum absolute atomic E-state index is 0.938. The predicted molar refractivity (Wildman–Crippen MR) is 37.9 cm³/mol. The van der Waals surface area contributed by atoms with Gasteiger partial charge in [-0.25, -0.2) is 0 Å². The standard InChI is InChI=1S/C7H10F6O2/c1-3(2)4(14)5(15,6(8,9)10)7(11,12)13/h3-4,14-15H,1-2H3/t4-/m0/s1. The number of aliphatic hydroxyl groups excluding tert-OH is 1. The maximum absolute atomic E-state index is 12.1. The van der Waals surface area contributed by atoms with Gasteiger partial charge in [0.25, 0.3) is 5.60 Å². The van der Waals surface area contributed by atoms with Gasteiger partial charge in [-0.2, -0.15) is 26.3 Å². The van der Waals surface area contributed by atoms with Crippen LogP contribution in [0.4, 0.5) is 26.3 Å². The number of hydrogen-bond acceptors (Lipinski definition) is 2. The van der Waals surface area contributed by atoms with E-state index in [4.69, 9.17) is 10.2 Å². The van der Waals surface area contributed by atoms with Crippen molar-refractivity contribution >= 4 is 0 Å². The molecule has 0 rings (SSSR count). The number of halogens is 6. The lowest BCUT2D eigenvalue weighted by Gasteiger charge is -2.37. The molecule has 0 radical (unpaired) electrons. The summed E-state index contributed by atoms with van der Waals surface area (Å²) in [5, 5.41) is 17.4. The molecule has 15 heavy (non-hydrogen) atoms. The van der Waals surface area contributed by atoms with Crippen molar-refractivity contribution in [2.75, 3.05) is 0 Å². The molecule has 0 saturated carbocycles. The van der Waals surface area contributed by atoms with Crippen molar-refractivity contribution in [3.8, 4) is 0 Å². The number of aliphatic hydroxyl groups is 2.